The van der Waals surface area contributed by atoms with Crippen LogP contribution in [0.2, 0.25) is 5.02 Å². The predicted octanol–water partition coefficient (Wildman–Crippen LogP) is 4.86. The van der Waals surface area contributed by atoms with Crippen LogP contribution in [0, 0.1) is 5.82 Å². The number of carbonyl (C=O) groups is 2. The molecular formula is C21H21ClFNO3. The molecular weight excluding hydrogens is 369 g/mol. The Labute approximate surface area is 162 Å². The zero-order chi connectivity index (χ0) is 19.4. The minimum Gasteiger partial charge on any atom is -0.452 e. The number of ether oxygens (including phenoxy) is 1. The topological polar surface area (TPSA) is 55.4 Å². The Morgan fingerprint density at radius 2 is 1.74 bits per heavy atom. The van der Waals surface area contributed by atoms with Gasteiger partial charge < -0.3 is 10.1 Å². The van der Waals surface area contributed by atoms with Crippen LogP contribution in [-0.4, -0.2) is 18.0 Å². The maximum Gasteiger partial charge on any atom is 0.317 e. The molecule has 1 atom stereocenters. The second-order valence-corrected chi connectivity index (χ2v) is 7.19. The maximum atomic E-state index is 14.4. The lowest BCUT2D eigenvalue weighted by Gasteiger charge is -2.29. The summed E-state index contributed by atoms with van der Waals surface area (Å²) in [5.74, 6) is -1.48. The molecule has 0 heterocycles. The zero-order valence-electron chi connectivity index (χ0n) is 15.0. The van der Waals surface area contributed by atoms with Crippen molar-refractivity contribution in [2.45, 2.75) is 44.1 Å². The summed E-state index contributed by atoms with van der Waals surface area (Å²) >= 11 is 6.04. The average molecular weight is 390 g/mol. The van der Waals surface area contributed by atoms with Gasteiger partial charge in [0.25, 0.3) is 5.91 Å². The quantitative estimate of drug-likeness (QED) is 0.743. The predicted molar refractivity (Wildman–Crippen MR) is 102 cm³/mol. The van der Waals surface area contributed by atoms with E-state index in [0.717, 1.165) is 12.8 Å². The van der Waals surface area contributed by atoms with Crippen LogP contribution in [0.1, 0.15) is 38.2 Å². The van der Waals surface area contributed by atoms with Crippen molar-refractivity contribution >= 4 is 29.2 Å². The first-order valence-corrected chi connectivity index (χ1v) is 9.33. The summed E-state index contributed by atoms with van der Waals surface area (Å²) in [6.45, 7) is 1.49. The molecule has 1 amide bonds. The van der Waals surface area contributed by atoms with Crippen molar-refractivity contribution in [3.05, 3.63) is 64.9 Å². The molecule has 0 aliphatic heterocycles. The van der Waals surface area contributed by atoms with Crippen molar-refractivity contribution in [2.24, 2.45) is 0 Å². The molecule has 2 aromatic rings. The number of halogens is 2. The smallest absolute Gasteiger partial charge is 0.317 e. The number of anilines is 1. The van der Waals surface area contributed by atoms with Gasteiger partial charge >= 0.3 is 5.97 Å². The van der Waals surface area contributed by atoms with Gasteiger partial charge in [-0.1, -0.05) is 54.8 Å². The Hall–Kier alpha value is -2.40. The summed E-state index contributed by atoms with van der Waals surface area (Å²) in [6, 6.07) is 13.1. The third-order valence-corrected chi connectivity index (χ3v) is 5.35. The molecule has 0 saturated heterocycles. The van der Waals surface area contributed by atoms with Crippen LogP contribution < -0.4 is 5.32 Å². The minimum atomic E-state index is -1.04. The highest BCUT2D eigenvalue weighted by Gasteiger charge is 2.46. The molecule has 0 spiro atoms. The molecule has 0 bridgehead atoms. The fourth-order valence-corrected chi connectivity index (χ4v) is 3.72. The first-order chi connectivity index (χ1) is 12.9. The van der Waals surface area contributed by atoms with E-state index in [-0.39, 0.29) is 0 Å². The van der Waals surface area contributed by atoms with Gasteiger partial charge in [-0.05, 0) is 38.0 Å². The van der Waals surface area contributed by atoms with Crippen molar-refractivity contribution in [1.82, 2.24) is 0 Å². The molecule has 0 radical (unpaired) electrons. The van der Waals surface area contributed by atoms with E-state index >= 15 is 0 Å². The first-order valence-electron chi connectivity index (χ1n) is 8.95. The van der Waals surface area contributed by atoms with Crippen LogP contribution in [0.25, 0.3) is 0 Å². The van der Waals surface area contributed by atoms with Crippen molar-refractivity contribution in [3.8, 4) is 0 Å². The lowest BCUT2D eigenvalue weighted by atomic mass is 9.78. The average Bonchev–Trinajstić information content (AvgIpc) is 3.15. The van der Waals surface area contributed by atoms with Crippen molar-refractivity contribution in [1.29, 1.82) is 0 Å². The lowest BCUT2D eigenvalue weighted by molar-refractivity contribution is -0.159. The SMILES string of the molecule is C[C@H](OC(=O)C1(c2ccccc2F)CCCC1)C(=O)Nc1ccccc1Cl. The first kappa shape index (κ1) is 19.4. The van der Waals surface area contributed by atoms with Crippen molar-refractivity contribution in [3.63, 3.8) is 0 Å². The third kappa shape index (κ3) is 3.98. The van der Waals surface area contributed by atoms with E-state index in [1.54, 1.807) is 42.5 Å². The van der Waals surface area contributed by atoms with Crippen LogP contribution in [0.15, 0.2) is 48.5 Å². The maximum absolute atomic E-state index is 14.4. The van der Waals surface area contributed by atoms with Gasteiger partial charge in [0.15, 0.2) is 6.10 Å². The van der Waals surface area contributed by atoms with Gasteiger partial charge in [0.1, 0.15) is 5.82 Å². The molecule has 142 valence electrons. The van der Waals surface area contributed by atoms with Crippen LogP contribution in [0.3, 0.4) is 0 Å². The number of esters is 1. The lowest BCUT2D eigenvalue weighted by Crippen LogP contribution is -2.40. The highest BCUT2D eigenvalue weighted by molar-refractivity contribution is 6.33. The number of hydrogen-bond acceptors (Lipinski definition) is 3. The zero-order valence-corrected chi connectivity index (χ0v) is 15.8. The summed E-state index contributed by atoms with van der Waals surface area (Å²) in [4.78, 5) is 25.4. The highest BCUT2D eigenvalue weighted by atomic mass is 35.5. The van der Waals surface area contributed by atoms with E-state index in [4.69, 9.17) is 16.3 Å². The Morgan fingerprint density at radius 3 is 2.41 bits per heavy atom. The van der Waals surface area contributed by atoms with E-state index in [2.05, 4.69) is 5.32 Å². The molecule has 2 aromatic carbocycles. The van der Waals surface area contributed by atoms with E-state index < -0.39 is 29.2 Å². The van der Waals surface area contributed by atoms with Gasteiger partial charge in [-0.25, -0.2) is 4.39 Å². The second kappa shape index (κ2) is 8.09. The van der Waals surface area contributed by atoms with Crippen LogP contribution in [0.5, 0.6) is 0 Å². The Balaban J connectivity index is 1.75. The molecule has 1 N–H and O–H groups in total. The van der Waals surface area contributed by atoms with Crippen LogP contribution >= 0.6 is 11.6 Å². The monoisotopic (exact) mass is 389 g/mol. The van der Waals surface area contributed by atoms with Crippen molar-refractivity contribution < 1.29 is 18.7 Å². The normalized spacial score (nSPS) is 16.6. The summed E-state index contributed by atoms with van der Waals surface area (Å²) in [5, 5.41) is 3.04. The molecule has 1 aliphatic rings. The molecule has 1 fully saturated rings. The van der Waals surface area contributed by atoms with Gasteiger partial charge in [-0.3, -0.25) is 9.59 Å². The number of carbonyl (C=O) groups excluding carboxylic acids is 2. The second-order valence-electron chi connectivity index (χ2n) is 6.79. The van der Waals surface area contributed by atoms with Gasteiger partial charge in [0, 0.05) is 5.56 Å². The van der Waals surface area contributed by atoms with Crippen LogP contribution in [0.4, 0.5) is 10.1 Å². The number of amides is 1. The van der Waals surface area contributed by atoms with Crippen molar-refractivity contribution in [2.75, 3.05) is 5.32 Å². The molecule has 1 saturated carbocycles. The van der Waals surface area contributed by atoms with E-state index in [1.165, 1.54) is 13.0 Å². The summed E-state index contributed by atoms with van der Waals surface area (Å²) in [5.41, 5.74) is -0.257. The van der Waals surface area contributed by atoms with Gasteiger partial charge in [0.2, 0.25) is 0 Å². The molecule has 1 aliphatic carbocycles. The Kier molecular flexibility index (Phi) is 5.80. The summed E-state index contributed by atoms with van der Waals surface area (Å²) in [6.07, 6.45) is 1.60. The molecule has 6 heteroatoms. The number of benzene rings is 2. The van der Waals surface area contributed by atoms with Crippen LogP contribution in [-0.2, 0) is 19.7 Å². The van der Waals surface area contributed by atoms with Gasteiger partial charge in [0.05, 0.1) is 16.1 Å². The number of para-hydroxylation sites is 1. The van der Waals surface area contributed by atoms with E-state index in [0.29, 0.717) is 29.1 Å². The number of hydrogen-bond donors (Lipinski definition) is 1. The minimum absolute atomic E-state index is 0.339. The fraction of sp³-hybridized carbons (Fsp3) is 0.333. The summed E-state index contributed by atoms with van der Waals surface area (Å²) < 4.78 is 19.8. The highest BCUT2D eigenvalue weighted by Crippen LogP contribution is 2.43. The molecule has 4 nitrogen and oxygen atoms in total. The van der Waals surface area contributed by atoms with Gasteiger partial charge in [-0.15, -0.1) is 0 Å². The Morgan fingerprint density at radius 1 is 1.11 bits per heavy atom. The fourth-order valence-electron chi connectivity index (χ4n) is 3.54. The van der Waals surface area contributed by atoms with E-state index in [1.807, 2.05) is 0 Å². The largest absolute Gasteiger partial charge is 0.452 e. The number of rotatable bonds is 5. The van der Waals surface area contributed by atoms with E-state index in [9.17, 15) is 14.0 Å². The molecule has 0 unspecified atom stereocenters. The molecule has 3 rings (SSSR count). The molecule has 27 heavy (non-hydrogen) atoms. The van der Waals surface area contributed by atoms with Gasteiger partial charge in [-0.2, -0.15) is 0 Å². The third-order valence-electron chi connectivity index (χ3n) is 5.02. The molecule has 0 aromatic heterocycles. The Bertz CT molecular complexity index is 849. The number of nitrogens with one attached hydrogen (secondary N) is 1. The summed E-state index contributed by atoms with van der Waals surface area (Å²) in [7, 11) is 0. The standard InChI is InChI=1S/C21H21ClFNO3/c1-14(19(25)24-18-11-5-3-9-16(18)22)27-20(26)21(12-6-7-13-21)15-8-2-4-10-17(15)23/h2-5,8-11,14H,6-7,12-13H2,1H3,(H,24,25)/t14-/m0/s1.